The Bertz CT molecular complexity index is 570. The second kappa shape index (κ2) is 4.53. The minimum atomic E-state index is 0.274. The summed E-state index contributed by atoms with van der Waals surface area (Å²) in [5.74, 6) is 1.03. The molecule has 2 aromatic rings. The van der Waals surface area contributed by atoms with Crippen LogP contribution in [0.3, 0.4) is 0 Å². The number of aromatic nitrogens is 2. The summed E-state index contributed by atoms with van der Waals surface area (Å²) in [6.07, 6.45) is 2.09. The number of aryl methyl sites for hydroxylation is 1. The number of rotatable bonds is 1. The van der Waals surface area contributed by atoms with Gasteiger partial charge in [0.05, 0.1) is 18.2 Å². The first-order valence-corrected chi connectivity index (χ1v) is 6.33. The molecular formula is C14H17N3O. The van der Waals surface area contributed by atoms with Gasteiger partial charge in [-0.25, -0.2) is 4.98 Å². The fraction of sp³-hybridized carbons (Fsp3) is 0.429. The van der Waals surface area contributed by atoms with Crippen molar-refractivity contribution in [2.24, 2.45) is 0 Å². The minimum absolute atomic E-state index is 0.274. The van der Waals surface area contributed by atoms with Gasteiger partial charge in [-0.1, -0.05) is 0 Å². The number of morpholine rings is 1. The second-order valence-corrected chi connectivity index (χ2v) is 4.76. The van der Waals surface area contributed by atoms with Crippen LogP contribution in [0.5, 0.6) is 0 Å². The molecule has 18 heavy (non-hydrogen) atoms. The van der Waals surface area contributed by atoms with Crippen molar-refractivity contribution < 1.29 is 4.74 Å². The van der Waals surface area contributed by atoms with Crippen LogP contribution in [0.25, 0.3) is 10.9 Å². The fourth-order valence-electron chi connectivity index (χ4n) is 2.39. The van der Waals surface area contributed by atoms with Gasteiger partial charge in [0, 0.05) is 30.4 Å². The monoisotopic (exact) mass is 243 g/mol. The molecule has 0 saturated carbocycles. The van der Waals surface area contributed by atoms with Gasteiger partial charge < -0.3 is 9.64 Å². The van der Waals surface area contributed by atoms with Crippen LogP contribution in [0.1, 0.15) is 12.6 Å². The average molecular weight is 243 g/mol. The van der Waals surface area contributed by atoms with Crippen molar-refractivity contribution in [2.75, 3.05) is 24.6 Å². The van der Waals surface area contributed by atoms with E-state index in [9.17, 15) is 0 Å². The molecule has 0 unspecified atom stereocenters. The van der Waals surface area contributed by atoms with E-state index < -0.39 is 0 Å². The summed E-state index contributed by atoms with van der Waals surface area (Å²) >= 11 is 0. The number of pyridine rings is 2. The van der Waals surface area contributed by atoms with E-state index in [1.165, 1.54) is 0 Å². The topological polar surface area (TPSA) is 38.2 Å². The summed E-state index contributed by atoms with van der Waals surface area (Å²) < 4.78 is 5.56. The molecule has 0 aliphatic carbocycles. The molecule has 4 nitrogen and oxygen atoms in total. The Labute approximate surface area is 107 Å². The summed E-state index contributed by atoms with van der Waals surface area (Å²) in [7, 11) is 0. The normalized spacial score (nSPS) is 20.3. The molecule has 1 atom stereocenters. The molecule has 3 rings (SSSR count). The van der Waals surface area contributed by atoms with Gasteiger partial charge in [-0.15, -0.1) is 0 Å². The lowest BCUT2D eigenvalue weighted by molar-refractivity contribution is 0.0529. The van der Waals surface area contributed by atoms with E-state index >= 15 is 0 Å². The van der Waals surface area contributed by atoms with Crippen molar-refractivity contribution in [1.82, 2.24) is 9.97 Å². The van der Waals surface area contributed by atoms with Crippen molar-refractivity contribution in [2.45, 2.75) is 20.0 Å². The van der Waals surface area contributed by atoms with Gasteiger partial charge in [0.15, 0.2) is 0 Å². The lowest BCUT2D eigenvalue weighted by atomic mass is 10.2. The van der Waals surface area contributed by atoms with E-state index in [4.69, 9.17) is 9.72 Å². The Morgan fingerprint density at radius 2 is 2.22 bits per heavy atom. The lowest BCUT2D eigenvalue weighted by Gasteiger charge is -2.32. The van der Waals surface area contributed by atoms with Gasteiger partial charge in [0.25, 0.3) is 0 Å². The molecule has 0 N–H and O–H groups in total. The first-order chi connectivity index (χ1) is 8.74. The summed E-state index contributed by atoms with van der Waals surface area (Å²) in [6.45, 7) is 6.70. The van der Waals surface area contributed by atoms with Crippen LogP contribution in [0, 0.1) is 6.92 Å². The maximum Gasteiger partial charge on any atom is 0.129 e. The summed E-state index contributed by atoms with van der Waals surface area (Å²) in [5.41, 5.74) is 2.04. The number of nitrogens with zero attached hydrogens (tertiary/aromatic N) is 3. The SMILES string of the molecule is Cc1nccc2nc(N3CCO[C@H](C)C3)ccc12. The van der Waals surface area contributed by atoms with Crippen molar-refractivity contribution in [1.29, 1.82) is 0 Å². The maximum absolute atomic E-state index is 5.56. The van der Waals surface area contributed by atoms with Crippen LogP contribution in [0.4, 0.5) is 5.82 Å². The Morgan fingerprint density at radius 3 is 3.06 bits per heavy atom. The van der Waals surface area contributed by atoms with Crippen LogP contribution in [0.15, 0.2) is 24.4 Å². The van der Waals surface area contributed by atoms with Crippen LogP contribution in [-0.2, 0) is 4.74 Å². The Hall–Kier alpha value is -1.68. The van der Waals surface area contributed by atoms with Gasteiger partial charge in [-0.2, -0.15) is 0 Å². The van der Waals surface area contributed by atoms with E-state index in [1.807, 2.05) is 19.2 Å². The summed E-state index contributed by atoms with van der Waals surface area (Å²) in [4.78, 5) is 11.3. The third-order valence-electron chi connectivity index (χ3n) is 3.37. The average Bonchev–Trinajstić information content (AvgIpc) is 2.39. The highest BCUT2D eigenvalue weighted by Gasteiger charge is 2.18. The largest absolute Gasteiger partial charge is 0.375 e. The third kappa shape index (κ3) is 2.04. The van der Waals surface area contributed by atoms with Crippen molar-refractivity contribution in [3.8, 4) is 0 Å². The molecule has 0 spiro atoms. The van der Waals surface area contributed by atoms with Gasteiger partial charge in [0.1, 0.15) is 5.82 Å². The molecule has 0 aromatic carbocycles. The standard InChI is InChI=1S/C14H17N3O/c1-10-9-17(7-8-18-10)14-4-3-12-11(2)15-6-5-13(12)16-14/h3-6,10H,7-9H2,1-2H3/t10-/m1/s1. The fourth-order valence-corrected chi connectivity index (χ4v) is 2.39. The lowest BCUT2D eigenvalue weighted by Crippen LogP contribution is -2.41. The van der Waals surface area contributed by atoms with Gasteiger partial charge in [0.2, 0.25) is 0 Å². The zero-order chi connectivity index (χ0) is 12.5. The third-order valence-corrected chi connectivity index (χ3v) is 3.37. The van der Waals surface area contributed by atoms with Crippen LogP contribution in [-0.4, -0.2) is 35.8 Å². The van der Waals surface area contributed by atoms with E-state index in [2.05, 4.69) is 28.9 Å². The van der Waals surface area contributed by atoms with Gasteiger partial charge in [-0.3, -0.25) is 4.98 Å². The predicted molar refractivity (Wildman–Crippen MR) is 71.9 cm³/mol. The minimum Gasteiger partial charge on any atom is -0.375 e. The number of hydrogen-bond donors (Lipinski definition) is 0. The molecule has 0 amide bonds. The van der Waals surface area contributed by atoms with Crippen molar-refractivity contribution >= 4 is 16.7 Å². The molecular weight excluding hydrogens is 226 g/mol. The van der Waals surface area contributed by atoms with E-state index in [0.29, 0.717) is 0 Å². The van der Waals surface area contributed by atoms with E-state index in [1.54, 1.807) is 0 Å². The predicted octanol–water partition coefficient (Wildman–Crippen LogP) is 2.16. The molecule has 0 bridgehead atoms. The second-order valence-electron chi connectivity index (χ2n) is 4.76. The first-order valence-electron chi connectivity index (χ1n) is 6.33. The summed E-state index contributed by atoms with van der Waals surface area (Å²) in [6, 6.07) is 6.16. The molecule has 94 valence electrons. The van der Waals surface area contributed by atoms with Gasteiger partial charge in [-0.05, 0) is 32.0 Å². The van der Waals surface area contributed by atoms with E-state index in [0.717, 1.165) is 42.1 Å². The Balaban J connectivity index is 1.98. The summed E-state index contributed by atoms with van der Waals surface area (Å²) in [5, 5.41) is 1.13. The number of anilines is 1. The highest BCUT2D eigenvalue weighted by molar-refractivity contribution is 5.82. The number of hydrogen-bond acceptors (Lipinski definition) is 4. The van der Waals surface area contributed by atoms with Crippen molar-refractivity contribution in [3.63, 3.8) is 0 Å². The maximum atomic E-state index is 5.56. The first kappa shape index (κ1) is 11.4. The molecule has 1 aliphatic rings. The number of ether oxygens (including phenoxy) is 1. The quantitative estimate of drug-likeness (QED) is 0.769. The zero-order valence-corrected chi connectivity index (χ0v) is 10.8. The molecule has 1 aliphatic heterocycles. The molecule has 1 saturated heterocycles. The smallest absolute Gasteiger partial charge is 0.129 e. The Kier molecular flexibility index (Phi) is 2.88. The number of fused-ring (bicyclic) bond motifs is 1. The molecule has 1 fully saturated rings. The molecule has 4 heteroatoms. The van der Waals surface area contributed by atoms with Crippen molar-refractivity contribution in [3.05, 3.63) is 30.1 Å². The highest BCUT2D eigenvalue weighted by atomic mass is 16.5. The molecule has 3 heterocycles. The van der Waals surface area contributed by atoms with Crippen LogP contribution in [0.2, 0.25) is 0 Å². The zero-order valence-electron chi connectivity index (χ0n) is 10.8. The molecule has 2 aromatic heterocycles. The van der Waals surface area contributed by atoms with Gasteiger partial charge >= 0.3 is 0 Å². The highest BCUT2D eigenvalue weighted by Crippen LogP contribution is 2.21. The van der Waals surface area contributed by atoms with Crippen LogP contribution >= 0.6 is 0 Å². The molecule has 0 radical (unpaired) electrons. The van der Waals surface area contributed by atoms with Crippen LogP contribution < -0.4 is 4.90 Å². The Morgan fingerprint density at radius 1 is 1.33 bits per heavy atom. The van der Waals surface area contributed by atoms with E-state index in [-0.39, 0.29) is 6.10 Å².